The summed E-state index contributed by atoms with van der Waals surface area (Å²) in [6, 6.07) is 14.0. The summed E-state index contributed by atoms with van der Waals surface area (Å²) in [5.41, 5.74) is 0.972. The Morgan fingerprint density at radius 3 is 2.39 bits per heavy atom. The molecule has 0 amide bonds. The summed E-state index contributed by atoms with van der Waals surface area (Å²) in [6.07, 6.45) is 0. The highest BCUT2D eigenvalue weighted by atomic mass is 19.3. The topological polar surface area (TPSA) is 31.4 Å². The van der Waals surface area contributed by atoms with Gasteiger partial charge in [-0.05, 0) is 5.56 Å². The molecule has 0 radical (unpaired) electrons. The minimum atomic E-state index is -2.89. The summed E-state index contributed by atoms with van der Waals surface area (Å²) in [5.74, 6) is 0.0903. The summed E-state index contributed by atoms with van der Waals surface area (Å²) >= 11 is 0. The molecule has 0 fully saturated rings. The van der Waals surface area contributed by atoms with Gasteiger partial charge in [-0.25, -0.2) is 0 Å². The second-order valence-electron chi connectivity index (χ2n) is 3.47. The van der Waals surface area contributed by atoms with Crippen LogP contribution in [0.3, 0.4) is 0 Å². The average molecular weight is 251 g/mol. The lowest BCUT2D eigenvalue weighted by Gasteiger charge is -2.07. The Kier molecular flexibility index (Phi) is 4.06. The second-order valence-corrected chi connectivity index (χ2v) is 3.47. The van der Waals surface area contributed by atoms with Crippen molar-refractivity contribution in [3.8, 4) is 11.8 Å². The second kappa shape index (κ2) is 5.95. The molecule has 0 aliphatic rings. The summed E-state index contributed by atoms with van der Waals surface area (Å²) in [4.78, 5) is 3.80. The standard InChI is InChI=1S/C13H11F2NO2/c14-13(15)18-12-8-4-7-11(16-12)17-9-10-5-2-1-3-6-10/h1-8,13H,9H2. The van der Waals surface area contributed by atoms with E-state index in [4.69, 9.17) is 4.74 Å². The molecule has 0 unspecified atom stereocenters. The molecule has 0 bridgehead atoms. The van der Waals surface area contributed by atoms with Crippen molar-refractivity contribution in [1.29, 1.82) is 0 Å². The summed E-state index contributed by atoms with van der Waals surface area (Å²) in [7, 11) is 0. The van der Waals surface area contributed by atoms with Crippen molar-refractivity contribution in [2.24, 2.45) is 0 Å². The number of ether oxygens (including phenoxy) is 2. The quantitative estimate of drug-likeness (QED) is 0.817. The van der Waals surface area contributed by atoms with Crippen LogP contribution in [0.5, 0.6) is 11.8 Å². The third-order valence-corrected chi connectivity index (χ3v) is 2.14. The first kappa shape index (κ1) is 12.3. The monoisotopic (exact) mass is 251 g/mol. The Labute approximate surface area is 103 Å². The van der Waals surface area contributed by atoms with E-state index in [0.717, 1.165) is 5.56 Å². The van der Waals surface area contributed by atoms with Gasteiger partial charge in [0.15, 0.2) is 0 Å². The van der Waals surface area contributed by atoms with Gasteiger partial charge in [-0.2, -0.15) is 13.8 Å². The molecule has 0 atom stereocenters. The summed E-state index contributed by atoms with van der Waals surface area (Å²) in [6.45, 7) is -2.56. The molecule has 2 rings (SSSR count). The van der Waals surface area contributed by atoms with Gasteiger partial charge in [0.1, 0.15) is 6.61 Å². The number of aromatic nitrogens is 1. The lowest BCUT2D eigenvalue weighted by atomic mass is 10.2. The maximum atomic E-state index is 12.0. The maximum absolute atomic E-state index is 12.0. The van der Waals surface area contributed by atoms with Crippen LogP contribution in [0, 0.1) is 0 Å². The maximum Gasteiger partial charge on any atom is 0.388 e. The molecule has 1 aromatic carbocycles. The van der Waals surface area contributed by atoms with Crippen molar-refractivity contribution in [3.63, 3.8) is 0 Å². The van der Waals surface area contributed by atoms with Gasteiger partial charge in [0.25, 0.3) is 0 Å². The smallest absolute Gasteiger partial charge is 0.388 e. The van der Waals surface area contributed by atoms with Crippen molar-refractivity contribution in [2.45, 2.75) is 13.2 Å². The first-order valence-electron chi connectivity index (χ1n) is 5.32. The van der Waals surface area contributed by atoms with Crippen molar-refractivity contribution in [1.82, 2.24) is 4.98 Å². The van der Waals surface area contributed by atoms with Gasteiger partial charge in [0.2, 0.25) is 11.8 Å². The molecule has 2 aromatic rings. The van der Waals surface area contributed by atoms with Gasteiger partial charge in [-0.3, -0.25) is 0 Å². The Bertz CT molecular complexity index is 491. The van der Waals surface area contributed by atoms with E-state index in [2.05, 4.69) is 9.72 Å². The molecule has 0 aliphatic heterocycles. The lowest BCUT2D eigenvalue weighted by molar-refractivity contribution is -0.0531. The number of pyridine rings is 1. The summed E-state index contributed by atoms with van der Waals surface area (Å²) in [5, 5.41) is 0. The third kappa shape index (κ3) is 3.69. The van der Waals surface area contributed by atoms with Crippen LogP contribution >= 0.6 is 0 Å². The molecule has 0 saturated heterocycles. The summed E-state index contributed by atoms with van der Waals surface area (Å²) < 4.78 is 33.6. The molecule has 94 valence electrons. The zero-order valence-corrected chi connectivity index (χ0v) is 9.42. The molecule has 1 heterocycles. The van der Waals surface area contributed by atoms with E-state index in [-0.39, 0.29) is 11.8 Å². The van der Waals surface area contributed by atoms with E-state index in [1.807, 2.05) is 30.3 Å². The first-order valence-corrected chi connectivity index (χ1v) is 5.32. The largest absolute Gasteiger partial charge is 0.473 e. The molecule has 18 heavy (non-hydrogen) atoms. The van der Waals surface area contributed by atoms with Crippen molar-refractivity contribution >= 4 is 0 Å². The molecule has 3 nitrogen and oxygen atoms in total. The minimum absolute atomic E-state index is 0.157. The number of hydrogen-bond acceptors (Lipinski definition) is 3. The average Bonchev–Trinajstić information content (AvgIpc) is 2.37. The highest BCUT2D eigenvalue weighted by Crippen LogP contribution is 2.16. The molecule has 5 heteroatoms. The van der Waals surface area contributed by atoms with Crippen LogP contribution in [0.25, 0.3) is 0 Å². The predicted molar refractivity (Wildman–Crippen MR) is 61.6 cm³/mol. The fourth-order valence-corrected chi connectivity index (χ4v) is 1.36. The van der Waals surface area contributed by atoms with Gasteiger partial charge < -0.3 is 9.47 Å². The SMILES string of the molecule is FC(F)Oc1cccc(OCc2ccccc2)n1. The highest BCUT2D eigenvalue weighted by Gasteiger charge is 2.06. The zero-order valence-electron chi connectivity index (χ0n) is 9.42. The number of alkyl halides is 2. The van der Waals surface area contributed by atoms with Crippen molar-refractivity contribution in [3.05, 3.63) is 54.1 Å². The predicted octanol–water partition coefficient (Wildman–Crippen LogP) is 3.26. The Morgan fingerprint density at radius 2 is 1.67 bits per heavy atom. The molecular weight excluding hydrogens is 240 g/mol. The van der Waals surface area contributed by atoms with Gasteiger partial charge in [-0.15, -0.1) is 0 Å². The van der Waals surface area contributed by atoms with E-state index < -0.39 is 6.61 Å². The number of nitrogens with zero attached hydrogens (tertiary/aromatic N) is 1. The van der Waals surface area contributed by atoms with Crippen LogP contribution in [0.15, 0.2) is 48.5 Å². The normalized spacial score (nSPS) is 10.4. The van der Waals surface area contributed by atoms with E-state index >= 15 is 0 Å². The van der Waals surface area contributed by atoms with Crippen LogP contribution in [-0.2, 0) is 6.61 Å². The molecule has 0 spiro atoms. The molecule has 1 aromatic heterocycles. The molecule has 0 aliphatic carbocycles. The molecular formula is C13H11F2NO2. The Balaban J connectivity index is 1.97. The zero-order chi connectivity index (χ0) is 12.8. The van der Waals surface area contributed by atoms with Gasteiger partial charge in [0.05, 0.1) is 0 Å². The highest BCUT2D eigenvalue weighted by molar-refractivity contribution is 5.21. The Hall–Kier alpha value is -2.17. The Morgan fingerprint density at radius 1 is 0.944 bits per heavy atom. The molecule has 0 N–H and O–H groups in total. The van der Waals surface area contributed by atoms with Gasteiger partial charge >= 0.3 is 6.61 Å². The van der Waals surface area contributed by atoms with Gasteiger partial charge in [-0.1, -0.05) is 36.4 Å². The van der Waals surface area contributed by atoms with Crippen LogP contribution in [0.2, 0.25) is 0 Å². The third-order valence-electron chi connectivity index (χ3n) is 2.14. The van der Waals surface area contributed by atoms with E-state index in [0.29, 0.717) is 6.61 Å². The van der Waals surface area contributed by atoms with E-state index in [9.17, 15) is 8.78 Å². The molecule has 0 saturated carbocycles. The lowest BCUT2D eigenvalue weighted by Crippen LogP contribution is -2.04. The van der Waals surface area contributed by atoms with E-state index in [1.54, 1.807) is 12.1 Å². The van der Waals surface area contributed by atoms with Crippen LogP contribution in [0.4, 0.5) is 8.78 Å². The number of benzene rings is 1. The number of hydrogen-bond donors (Lipinski definition) is 0. The van der Waals surface area contributed by atoms with Crippen molar-refractivity contribution in [2.75, 3.05) is 0 Å². The van der Waals surface area contributed by atoms with Gasteiger partial charge in [0, 0.05) is 12.1 Å². The minimum Gasteiger partial charge on any atom is -0.473 e. The fraction of sp³-hybridized carbons (Fsp3) is 0.154. The first-order chi connectivity index (χ1) is 8.74. The van der Waals surface area contributed by atoms with Crippen LogP contribution in [0.1, 0.15) is 5.56 Å². The number of rotatable bonds is 5. The van der Waals surface area contributed by atoms with Crippen LogP contribution in [-0.4, -0.2) is 11.6 Å². The van der Waals surface area contributed by atoms with E-state index in [1.165, 1.54) is 6.07 Å². The fourth-order valence-electron chi connectivity index (χ4n) is 1.36. The van der Waals surface area contributed by atoms with Crippen LogP contribution < -0.4 is 9.47 Å². The van der Waals surface area contributed by atoms with Crippen molar-refractivity contribution < 1.29 is 18.3 Å². The number of halogens is 2.